The Labute approximate surface area is 296 Å². The summed E-state index contributed by atoms with van der Waals surface area (Å²) in [6, 6.07) is 29.1. The molecule has 0 amide bonds. The van der Waals surface area contributed by atoms with Gasteiger partial charge < -0.3 is 10.5 Å². The monoisotopic (exact) mass is 836 g/mol. The van der Waals surface area contributed by atoms with E-state index in [0.717, 1.165) is 45.5 Å². The van der Waals surface area contributed by atoms with Gasteiger partial charge in [-0.1, -0.05) is 43.3 Å². The first-order valence-corrected chi connectivity index (χ1v) is 14.3. The predicted octanol–water partition coefficient (Wildman–Crippen LogP) is 8.75. The number of rotatable bonds is 12. The summed E-state index contributed by atoms with van der Waals surface area (Å²) < 4.78 is 20.8. The molecule has 0 radical (unpaired) electrons. The Kier molecular flexibility index (Phi) is 15.9. The normalized spacial score (nSPS) is 11.2. The van der Waals surface area contributed by atoms with Crippen molar-refractivity contribution >= 4 is 17.6 Å². The molecule has 1 atom stereocenters. The maximum Gasteiger partial charge on any atom is 2.00 e. The summed E-state index contributed by atoms with van der Waals surface area (Å²) in [6.07, 6.45) is 7.88. The molecule has 0 saturated carbocycles. The molecule has 0 spiro atoms. The van der Waals surface area contributed by atoms with E-state index in [-0.39, 0.29) is 36.9 Å². The van der Waals surface area contributed by atoms with Gasteiger partial charge in [-0.2, -0.15) is 23.9 Å². The number of nitrogens with two attached hydrogens (primary N) is 2. The van der Waals surface area contributed by atoms with Gasteiger partial charge in [-0.15, -0.1) is 36.4 Å². The van der Waals surface area contributed by atoms with Crippen LogP contribution in [0.4, 0.5) is 10.1 Å². The molecular formula is C39H39FN4OU. The van der Waals surface area contributed by atoms with E-state index in [1.54, 1.807) is 12.1 Å². The Bertz CT molecular complexity index is 1650. The van der Waals surface area contributed by atoms with Gasteiger partial charge in [-0.05, 0) is 59.5 Å². The number of hydrogen-bond acceptors (Lipinski definition) is 3. The Morgan fingerprint density at radius 2 is 1.67 bits per heavy atom. The van der Waals surface area contributed by atoms with Gasteiger partial charge in [-0.3, -0.25) is 22.5 Å². The molecule has 232 valence electrons. The summed E-state index contributed by atoms with van der Waals surface area (Å²) >= 11 is 0. The van der Waals surface area contributed by atoms with E-state index in [0.29, 0.717) is 29.3 Å². The van der Waals surface area contributed by atoms with Crippen molar-refractivity contribution in [3.05, 3.63) is 169 Å². The molecule has 0 heterocycles. The Hall–Kier alpha value is -4.25. The minimum absolute atomic E-state index is 0. The molecule has 6 N–H and O–H groups in total. The SMILES string of the molecule is C=CC([NH-])=Cc1[c-]cc(CCC(=N)[NH2+]c2ccc(-c3ccc(-c4ccc(OC(N)C(=C)C)cc4)cc3F)cc2)cc1.C=[C-]C=C.[U+2]. The van der Waals surface area contributed by atoms with Crippen molar-refractivity contribution in [3.63, 3.8) is 0 Å². The summed E-state index contributed by atoms with van der Waals surface area (Å²) in [5, 5.41) is 10.2. The van der Waals surface area contributed by atoms with Crippen molar-refractivity contribution in [2.45, 2.75) is 26.0 Å². The average Bonchev–Trinajstić information content (AvgIpc) is 3.05. The van der Waals surface area contributed by atoms with E-state index in [1.165, 1.54) is 18.2 Å². The molecule has 0 aliphatic heterocycles. The smallest absolute Gasteiger partial charge is 0.707 e. The van der Waals surface area contributed by atoms with Crippen LogP contribution in [0.25, 0.3) is 34.1 Å². The van der Waals surface area contributed by atoms with Crippen LogP contribution in [0.15, 0.2) is 135 Å². The molecular weight excluding hydrogens is 797 g/mol. The third-order valence-electron chi connectivity index (χ3n) is 6.73. The van der Waals surface area contributed by atoms with Crippen molar-refractivity contribution in [2.75, 3.05) is 0 Å². The topological polar surface area (TPSA) is 99.5 Å². The van der Waals surface area contributed by atoms with Crippen LogP contribution >= 0.6 is 0 Å². The molecule has 0 aliphatic carbocycles. The zero-order valence-electron chi connectivity index (χ0n) is 26.1. The first-order valence-electron chi connectivity index (χ1n) is 14.3. The first-order chi connectivity index (χ1) is 21.6. The molecule has 1 unspecified atom stereocenters. The molecule has 7 heteroatoms. The molecule has 0 aromatic heterocycles. The first kappa shape index (κ1) is 37.9. The number of ether oxygens (including phenoxy) is 1. The predicted molar refractivity (Wildman–Crippen MR) is 185 cm³/mol. The van der Waals surface area contributed by atoms with Crippen molar-refractivity contribution in [1.82, 2.24) is 0 Å². The van der Waals surface area contributed by atoms with Crippen molar-refractivity contribution < 1.29 is 45.6 Å². The van der Waals surface area contributed by atoms with Crippen LogP contribution in [-0.4, -0.2) is 12.1 Å². The van der Waals surface area contributed by atoms with Gasteiger partial charge >= 0.3 is 31.1 Å². The summed E-state index contributed by atoms with van der Waals surface area (Å²) in [6.45, 7) is 15.7. The quantitative estimate of drug-likeness (QED) is 0.0253. The van der Waals surface area contributed by atoms with Crippen LogP contribution in [0.1, 0.15) is 24.5 Å². The van der Waals surface area contributed by atoms with E-state index < -0.39 is 6.23 Å². The van der Waals surface area contributed by atoms with Gasteiger partial charge in [0.2, 0.25) is 0 Å². The minimum atomic E-state index is -0.571. The van der Waals surface area contributed by atoms with Gasteiger partial charge in [0, 0.05) is 24.1 Å². The van der Waals surface area contributed by atoms with E-state index in [9.17, 15) is 0 Å². The fourth-order valence-electron chi connectivity index (χ4n) is 4.15. The number of aryl methyl sites for hydroxylation is 1. The maximum absolute atomic E-state index is 15.1. The molecule has 5 nitrogen and oxygen atoms in total. The number of amidine groups is 1. The van der Waals surface area contributed by atoms with Gasteiger partial charge in [0.05, 0.1) is 0 Å². The number of quaternary nitrogens is 1. The number of benzene rings is 4. The second-order valence-corrected chi connectivity index (χ2v) is 10.3. The van der Waals surface area contributed by atoms with Crippen LogP contribution < -0.4 is 15.8 Å². The fourth-order valence-corrected chi connectivity index (χ4v) is 4.15. The number of allylic oxidation sites excluding steroid dienone is 3. The summed E-state index contributed by atoms with van der Waals surface area (Å²) in [7, 11) is 0. The van der Waals surface area contributed by atoms with Gasteiger partial charge in [0.15, 0.2) is 12.1 Å². The number of hydrogen-bond donors (Lipinski definition) is 3. The van der Waals surface area contributed by atoms with Crippen LogP contribution in [0.5, 0.6) is 5.75 Å². The largest absolute Gasteiger partial charge is 2.00 e. The third-order valence-corrected chi connectivity index (χ3v) is 6.73. The zero-order valence-corrected chi connectivity index (χ0v) is 30.2. The van der Waals surface area contributed by atoms with E-state index in [4.69, 9.17) is 21.6 Å². The Morgan fingerprint density at radius 1 is 1.04 bits per heavy atom. The molecule has 0 bridgehead atoms. The Morgan fingerprint density at radius 3 is 2.22 bits per heavy atom. The van der Waals surface area contributed by atoms with E-state index in [1.807, 2.05) is 85.0 Å². The van der Waals surface area contributed by atoms with E-state index >= 15 is 4.39 Å². The number of halogens is 1. The number of nitrogens with one attached hydrogen (secondary N) is 2. The molecule has 0 saturated heterocycles. The Balaban J connectivity index is 0.00000139. The average molecular weight is 837 g/mol. The van der Waals surface area contributed by atoms with Crippen LogP contribution in [0.3, 0.4) is 0 Å². The molecule has 4 aromatic carbocycles. The molecule has 0 fully saturated rings. The summed E-state index contributed by atoms with van der Waals surface area (Å²) in [5.74, 6) is 0.828. The third kappa shape index (κ3) is 11.9. The van der Waals surface area contributed by atoms with Gasteiger partial charge in [0.25, 0.3) is 0 Å². The van der Waals surface area contributed by atoms with Crippen molar-refractivity contribution in [3.8, 4) is 28.0 Å². The minimum Gasteiger partial charge on any atom is -0.707 e. The van der Waals surface area contributed by atoms with Crippen molar-refractivity contribution in [1.29, 1.82) is 5.41 Å². The fraction of sp³-hybridized carbons (Fsp3) is 0.103. The van der Waals surface area contributed by atoms with Crippen molar-refractivity contribution in [2.24, 2.45) is 5.73 Å². The molecule has 0 aliphatic rings. The van der Waals surface area contributed by atoms with Gasteiger partial charge in [0.1, 0.15) is 17.3 Å². The zero-order chi connectivity index (χ0) is 32.8. The second kappa shape index (κ2) is 19.3. The standard InChI is InChI=1S/C35H33FN4O.C4H5.U/c1-4-29(37)21-25-7-5-24(6-8-25)9-20-34(38)40-30-15-10-27(11-16-30)32-19-14-28(22-33(32)36)26-12-17-31(18-13-26)41-35(39)23(2)3;1-3-4-2;/h4-7,10-19,21-22,35,37H,1-2,9,20,39H2,3H3,(H2,38,40);3H,1-2H2;/q-2;-1;+2/p+1. The summed E-state index contributed by atoms with van der Waals surface area (Å²) in [4.78, 5) is 0. The molecule has 4 rings (SSSR count). The second-order valence-electron chi connectivity index (χ2n) is 10.3. The van der Waals surface area contributed by atoms with Gasteiger partial charge in [-0.25, -0.2) is 17.0 Å². The van der Waals surface area contributed by atoms with Crippen LogP contribution in [-0.2, 0) is 6.42 Å². The molecule has 46 heavy (non-hydrogen) atoms. The maximum atomic E-state index is 15.1. The van der Waals surface area contributed by atoms with Crippen LogP contribution in [0.2, 0.25) is 0 Å². The molecule has 4 aromatic rings. The van der Waals surface area contributed by atoms with Crippen LogP contribution in [0, 0.1) is 54.5 Å². The van der Waals surface area contributed by atoms with E-state index in [2.05, 4.69) is 38.5 Å². The summed E-state index contributed by atoms with van der Waals surface area (Å²) in [5.41, 5.74) is 20.3.